The minimum atomic E-state index is -1.62. The molecule has 0 aliphatic heterocycles. The summed E-state index contributed by atoms with van der Waals surface area (Å²) in [5.74, 6) is -4.09. The van der Waals surface area contributed by atoms with Crippen LogP contribution in [0.25, 0.3) is 0 Å². The summed E-state index contributed by atoms with van der Waals surface area (Å²) in [5.41, 5.74) is 1.70. The second-order valence-corrected chi connectivity index (χ2v) is 16.1. The number of nitrogens with zero attached hydrogens (tertiary/aromatic N) is 4. The number of ketones is 2. The summed E-state index contributed by atoms with van der Waals surface area (Å²) in [7, 11) is 0. The number of benzene rings is 5. The maximum atomic E-state index is 13.4. The molecule has 2 unspecified atom stereocenters. The first kappa shape index (κ1) is 48.6. The molecule has 0 saturated carbocycles. The van der Waals surface area contributed by atoms with Gasteiger partial charge in [-0.1, -0.05) is 81.7 Å². The Morgan fingerprint density at radius 3 is 1.44 bits per heavy atom. The Morgan fingerprint density at radius 2 is 1.00 bits per heavy atom. The lowest BCUT2D eigenvalue weighted by molar-refractivity contribution is -0.127. The number of anilines is 4. The van der Waals surface area contributed by atoms with Gasteiger partial charge >= 0.3 is 0 Å². The maximum Gasteiger partial charge on any atom is 0.258 e. The molecule has 0 heterocycles. The number of rotatable bonds is 16. The Hall–Kier alpha value is -5.45. The number of hydrogen-bond donors (Lipinski definition) is 4. The summed E-state index contributed by atoms with van der Waals surface area (Å²) in [4.78, 5) is 78.0. The van der Waals surface area contributed by atoms with E-state index < -0.39 is 47.3 Å². The van der Waals surface area contributed by atoms with Crippen LogP contribution < -0.4 is 21.3 Å². The van der Waals surface area contributed by atoms with Crippen LogP contribution in [-0.2, 0) is 25.6 Å². The highest BCUT2D eigenvalue weighted by Crippen LogP contribution is 2.32. The predicted molar refractivity (Wildman–Crippen MR) is 248 cm³/mol. The van der Waals surface area contributed by atoms with Gasteiger partial charge in [-0.15, -0.1) is 11.6 Å². The Balaban J connectivity index is 1.28. The van der Waals surface area contributed by atoms with E-state index in [-0.39, 0.29) is 87.7 Å². The SMILES string of the molecule is CC(=O)C(N=Nc1cc(Cl)cc(C(=O)Nc2cccc(Cl)c2Cl)c1)C(=O)Nc1ccc(NC(=O)C(N=Nc2cc(Cl)cc(C(=O)Nc3cccc(Cl)c3Cl)c2)C(C)=O)c(CCCl)c1. The van der Waals surface area contributed by atoms with Gasteiger partial charge in [0.05, 0.1) is 42.8 Å². The van der Waals surface area contributed by atoms with Crippen molar-refractivity contribution in [3.63, 3.8) is 0 Å². The van der Waals surface area contributed by atoms with E-state index in [2.05, 4.69) is 41.7 Å². The van der Waals surface area contributed by atoms with Crippen molar-refractivity contribution in [1.29, 1.82) is 0 Å². The van der Waals surface area contributed by atoms with E-state index in [1.54, 1.807) is 36.4 Å². The Bertz CT molecular complexity index is 2700. The average Bonchev–Trinajstić information content (AvgIpc) is 3.21. The predicted octanol–water partition coefficient (Wildman–Crippen LogP) is 12.3. The molecule has 4 amide bonds. The normalized spacial score (nSPS) is 12.1. The highest BCUT2D eigenvalue weighted by atomic mass is 35.5. The first-order valence-corrected chi connectivity index (χ1v) is 21.0. The van der Waals surface area contributed by atoms with Crippen molar-refractivity contribution < 1.29 is 28.8 Å². The zero-order valence-electron chi connectivity index (χ0n) is 32.6. The van der Waals surface area contributed by atoms with Crippen molar-refractivity contribution in [2.24, 2.45) is 20.5 Å². The standard InChI is InChI=1S/C42H31Cl7N8O6/c1-20(58)37(56-54-28-16-23(13-25(44)18-28)39(60)52-33-7-3-5-30(46)35(33)48)41(62)50-27-9-10-32(22(15-27)11-12-43)51-42(63)38(21(2)59)57-55-29-17-24(14-26(45)19-29)40(61)53-34-8-4-6-31(47)36(34)49/h3-10,13-19,37-38H,11-12H2,1-2H3,(H,50,62)(H,51,63)(H,52,60)(H,53,61). The minimum Gasteiger partial charge on any atom is -0.324 e. The first-order chi connectivity index (χ1) is 29.9. The third kappa shape index (κ3) is 13.3. The van der Waals surface area contributed by atoms with Crippen LogP contribution in [0.3, 0.4) is 0 Å². The molecule has 5 rings (SSSR count). The smallest absolute Gasteiger partial charge is 0.258 e. The van der Waals surface area contributed by atoms with Crippen molar-refractivity contribution in [2.45, 2.75) is 32.4 Å². The second kappa shape index (κ2) is 22.3. The van der Waals surface area contributed by atoms with E-state index >= 15 is 0 Å². The number of amides is 4. The number of carbonyl (C=O) groups excluding carboxylic acids is 6. The molecular formula is C42H31Cl7N8O6. The van der Waals surface area contributed by atoms with Gasteiger partial charge in [-0.2, -0.15) is 20.5 Å². The third-order valence-electron chi connectivity index (χ3n) is 8.53. The molecule has 0 radical (unpaired) electrons. The van der Waals surface area contributed by atoms with Crippen molar-refractivity contribution in [2.75, 3.05) is 27.1 Å². The van der Waals surface area contributed by atoms with Gasteiger partial charge in [0.15, 0.2) is 11.6 Å². The first-order valence-electron chi connectivity index (χ1n) is 18.2. The molecule has 2 atom stereocenters. The van der Waals surface area contributed by atoms with Crippen LogP contribution in [-0.4, -0.2) is 53.2 Å². The molecule has 0 aliphatic rings. The van der Waals surface area contributed by atoms with Crippen molar-refractivity contribution in [3.8, 4) is 0 Å². The Kier molecular flexibility index (Phi) is 17.2. The topological polar surface area (TPSA) is 200 Å². The lowest BCUT2D eigenvalue weighted by Gasteiger charge is -2.15. The molecule has 0 aliphatic carbocycles. The van der Waals surface area contributed by atoms with Gasteiger partial charge in [-0.25, -0.2) is 0 Å². The van der Waals surface area contributed by atoms with Crippen LogP contribution in [0.1, 0.15) is 40.1 Å². The van der Waals surface area contributed by atoms with Crippen LogP contribution >= 0.6 is 81.2 Å². The lowest BCUT2D eigenvalue weighted by atomic mass is 10.1. The molecule has 0 aromatic heterocycles. The number of Topliss-reactive ketones (excluding diaryl/α,β-unsaturated/α-hetero) is 2. The zero-order chi connectivity index (χ0) is 46.0. The number of carbonyl (C=O) groups is 6. The summed E-state index contributed by atoms with van der Waals surface area (Å²) >= 11 is 43.1. The van der Waals surface area contributed by atoms with Gasteiger partial charge in [0.1, 0.15) is 0 Å². The Morgan fingerprint density at radius 1 is 0.540 bits per heavy atom. The summed E-state index contributed by atoms with van der Waals surface area (Å²) < 4.78 is 0. The van der Waals surface area contributed by atoms with Crippen molar-refractivity contribution >= 4 is 151 Å². The largest absolute Gasteiger partial charge is 0.324 e. The second-order valence-electron chi connectivity index (χ2n) is 13.3. The van der Waals surface area contributed by atoms with Crippen LogP contribution in [0.4, 0.5) is 34.1 Å². The van der Waals surface area contributed by atoms with E-state index in [9.17, 15) is 28.8 Å². The monoisotopic (exact) mass is 988 g/mol. The summed E-state index contributed by atoms with van der Waals surface area (Å²) in [6.07, 6.45) is 0.199. The van der Waals surface area contributed by atoms with E-state index in [0.717, 1.165) is 13.8 Å². The number of halogens is 7. The molecule has 5 aromatic rings. The van der Waals surface area contributed by atoms with Gasteiger partial charge in [0.25, 0.3) is 23.6 Å². The molecule has 0 spiro atoms. The summed E-state index contributed by atoms with van der Waals surface area (Å²) in [6, 6.07) is 18.8. The Labute approximate surface area is 394 Å². The number of hydrogen-bond acceptors (Lipinski definition) is 10. The molecule has 21 heteroatoms. The minimum absolute atomic E-state index is 0.0654. The molecular weight excluding hydrogens is 961 g/mol. The molecule has 0 fully saturated rings. The molecule has 63 heavy (non-hydrogen) atoms. The lowest BCUT2D eigenvalue weighted by Crippen LogP contribution is -2.32. The number of nitrogens with one attached hydrogen (secondary N) is 4. The molecule has 4 N–H and O–H groups in total. The van der Waals surface area contributed by atoms with Gasteiger partial charge in [-0.3, -0.25) is 28.8 Å². The third-order valence-corrected chi connectivity index (χ3v) is 10.8. The molecule has 5 aromatic carbocycles. The van der Waals surface area contributed by atoms with E-state index in [0.29, 0.717) is 5.56 Å². The average molecular weight is 992 g/mol. The highest BCUT2D eigenvalue weighted by Gasteiger charge is 2.26. The van der Waals surface area contributed by atoms with Crippen molar-refractivity contribution in [3.05, 3.63) is 138 Å². The van der Waals surface area contributed by atoms with E-state index in [1.165, 1.54) is 54.6 Å². The number of alkyl halides is 1. The molecule has 14 nitrogen and oxygen atoms in total. The van der Waals surface area contributed by atoms with Gasteiger partial charge in [-0.05, 0) is 105 Å². The number of azo groups is 2. The van der Waals surface area contributed by atoms with Crippen LogP contribution in [0.15, 0.2) is 111 Å². The van der Waals surface area contributed by atoms with Crippen LogP contribution in [0.5, 0.6) is 0 Å². The molecule has 324 valence electrons. The van der Waals surface area contributed by atoms with Crippen LogP contribution in [0, 0.1) is 0 Å². The molecule has 0 bridgehead atoms. The van der Waals surface area contributed by atoms with Crippen molar-refractivity contribution in [1.82, 2.24) is 0 Å². The fourth-order valence-corrected chi connectivity index (χ4v) is 6.87. The maximum absolute atomic E-state index is 13.4. The van der Waals surface area contributed by atoms with Gasteiger partial charge in [0, 0.05) is 38.4 Å². The number of aryl methyl sites for hydroxylation is 1. The summed E-state index contributed by atoms with van der Waals surface area (Å²) in [6.45, 7) is 2.30. The zero-order valence-corrected chi connectivity index (χ0v) is 37.9. The van der Waals surface area contributed by atoms with Gasteiger partial charge in [0.2, 0.25) is 12.1 Å². The van der Waals surface area contributed by atoms with E-state index in [4.69, 9.17) is 81.2 Å². The summed E-state index contributed by atoms with van der Waals surface area (Å²) in [5, 5.41) is 27.4. The molecule has 0 saturated heterocycles. The fourth-order valence-electron chi connectivity index (χ4n) is 5.51. The quantitative estimate of drug-likeness (QED) is 0.0430. The van der Waals surface area contributed by atoms with Gasteiger partial charge < -0.3 is 21.3 Å². The van der Waals surface area contributed by atoms with Crippen LogP contribution in [0.2, 0.25) is 30.1 Å². The highest BCUT2D eigenvalue weighted by molar-refractivity contribution is 6.44. The fraction of sp³-hybridized carbons (Fsp3) is 0.143. The van der Waals surface area contributed by atoms with E-state index in [1.807, 2.05) is 0 Å².